The van der Waals surface area contributed by atoms with Crippen LogP contribution in [0.3, 0.4) is 0 Å². The molecule has 0 radical (unpaired) electrons. The highest BCUT2D eigenvalue weighted by atomic mass is 16.6. The molecule has 1 aromatic carbocycles. The summed E-state index contributed by atoms with van der Waals surface area (Å²) in [6, 6.07) is 6.41. The van der Waals surface area contributed by atoms with Crippen molar-refractivity contribution in [3.8, 4) is 0 Å². The molecule has 0 bridgehead atoms. The summed E-state index contributed by atoms with van der Waals surface area (Å²) in [7, 11) is 0. The first-order valence-corrected chi connectivity index (χ1v) is 7.97. The molecule has 1 N–H and O–H groups in total. The van der Waals surface area contributed by atoms with E-state index >= 15 is 0 Å². The maximum absolute atomic E-state index is 11.9. The molecule has 0 saturated heterocycles. The van der Waals surface area contributed by atoms with Gasteiger partial charge in [0.25, 0.3) is 5.91 Å². The van der Waals surface area contributed by atoms with Gasteiger partial charge < -0.3 is 10.1 Å². The van der Waals surface area contributed by atoms with Gasteiger partial charge in [-0.15, -0.1) is 0 Å². The summed E-state index contributed by atoms with van der Waals surface area (Å²) >= 11 is 0. The summed E-state index contributed by atoms with van der Waals surface area (Å²) in [5, 5.41) is 6.27. The number of carbonyl (C=O) groups excluding carboxylic acids is 2. The molecule has 1 amide bonds. The Morgan fingerprint density at radius 2 is 1.83 bits per heavy atom. The van der Waals surface area contributed by atoms with Crippen LogP contribution in [0, 0.1) is 0 Å². The zero-order chi connectivity index (χ0) is 18.0. The number of azide groups is 1. The average molecular weight is 332 g/mol. The van der Waals surface area contributed by atoms with Crippen molar-refractivity contribution in [2.75, 3.05) is 6.54 Å². The number of nitrogens with zero attached hydrogens (tertiary/aromatic N) is 3. The lowest BCUT2D eigenvalue weighted by molar-refractivity contribution is -0.154. The minimum atomic E-state index is -0.445. The first-order valence-electron chi connectivity index (χ1n) is 7.97. The summed E-state index contributed by atoms with van der Waals surface area (Å²) in [6.45, 7) is 6.09. The third-order valence-corrected chi connectivity index (χ3v) is 3.05. The summed E-state index contributed by atoms with van der Waals surface area (Å²) < 4.78 is 5.23. The Balaban J connectivity index is 2.19. The number of benzene rings is 1. The summed E-state index contributed by atoms with van der Waals surface area (Å²) in [5.74, 6) is -0.360. The lowest BCUT2D eigenvalue weighted by atomic mass is 10.1. The Hall–Kier alpha value is -2.53. The Labute approximate surface area is 142 Å². The van der Waals surface area contributed by atoms with Gasteiger partial charge in [-0.1, -0.05) is 23.7 Å². The van der Waals surface area contributed by atoms with Gasteiger partial charge in [-0.25, -0.2) is 0 Å². The van der Waals surface area contributed by atoms with Crippen molar-refractivity contribution in [3.63, 3.8) is 0 Å². The smallest absolute Gasteiger partial charge is 0.306 e. The second-order valence-electron chi connectivity index (χ2n) is 6.39. The highest BCUT2D eigenvalue weighted by Crippen LogP contribution is 2.13. The van der Waals surface area contributed by atoms with Crippen LogP contribution in [0.25, 0.3) is 10.4 Å². The molecule has 0 atom stereocenters. The summed E-state index contributed by atoms with van der Waals surface area (Å²) in [4.78, 5) is 26.1. The van der Waals surface area contributed by atoms with Crippen LogP contribution in [0.15, 0.2) is 29.4 Å². The van der Waals surface area contributed by atoms with E-state index in [4.69, 9.17) is 10.3 Å². The number of carbonyl (C=O) groups is 2. The van der Waals surface area contributed by atoms with Gasteiger partial charge in [-0.3, -0.25) is 9.59 Å². The molecule has 0 fully saturated rings. The number of hydrogen-bond donors (Lipinski definition) is 1. The van der Waals surface area contributed by atoms with Crippen LogP contribution in [-0.4, -0.2) is 24.0 Å². The first kappa shape index (κ1) is 19.5. The predicted molar refractivity (Wildman–Crippen MR) is 91.9 cm³/mol. The van der Waals surface area contributed by atoms with E-state index < -0.39 is 5.60 Å². The zero-order valence-electron chi connectivity index (χ0n) is 14.4. The van der Waals surface area contributed by atoms with Gasteiger partial charge in [0.05, 0.1) is 0 Å². The minimum absolute atomic E-state index is 0.172. The molecule has 1 aromatic rings. The summed E-state index contributed by atoms with van der Waals surface area (Å²) in [6.07, 6.45) is 2.78. The van der Waals surface area contributed by atoms with Gasteiger partial charge in [0.2, 0.25) is 0 Å². The van der Waals surface area contributed by atoms with E-state index in [1.165, 1.54) is 0 Å². The predicted octanol–water partition coefficient (Wildman–Crippen LogP) is 4.26. The minimum Gasteiger partial charge on any atom is -0.460 e. The Morgan fingerprint density at radius 3 is 2.42 bits per heavy atom. The normalized spacial score (nSPS) is 10.6. The number of esters is 1. The molecule has 0 aromatic heterocycles. The number of amides is 1. The van der Waals surface area contributed by atoms with Gasteiger partial charge in [-0.05, 0) is 51.3 Å². The fraction of sp³-hybridized carbons (Fsp3) is 0.529. The van der Waals surface area contributed by atoms with Crippen molar-refractivity contribution in [1.29, 1.82) is 0 Å². The van der Waals surface area contributed by atoms with Crippen molar-refractivity contribution in [1.82, 2.24) is 5.32 Å². The summed E-state index contributed by atoms with van der Waals surface area (Å²) in [5.41, 5.74) is 8.86. The number of unbranched alkanes of at least 4 members (excludes halogenated alkanes) is 2. The lowest BCUT2D eigenvalue weighted by Crippen LogP contribution is -2.24. The molecule has 0 saturated carbocycles. The molecule has 0 heterocycles. The van der Waals surface area contributed by atoms with Crippen molar-refractivity contribution in [2.45, 2.75) is 52.1 Å². The quantitative estimate of drug-likeness (QED) is 0.253. The number of hydrogen-bond acceptors (Lipinski definition) is 4. The highest BCUT2D eigenvalue weighted by Gasteiger charge is 2.15. The van der Waals surface area contributed by atoms with Gasteiger partial charge >= 0.3 is 5.97 Å². The monoisotopic (exact) mass is 332 g/mol. The van der Waals surface area contributed by atoms with E-state index in [1.54, 1.807) is 24.3 Å². The average Bonchev–Trinajstić information content (AvgIpc) is 2.50. The third kappa shape index (κ3) is 8.19. The fourth-order valence-corrected chi connectivity index (χ4v) is 2.00. The largest absolute Gasteiger partial charge is 0.460 e. The molecule has 130 valence electrons. The molecule has 0 spiro atoms. The van der Waals surface area contributed by atoms with Crippen LogP contribution in [0.1, 0.15) is 56.8 Å². The topological polar surface area (TPSA) is 104 Å². The number of ether oxygens (including phenoxy) is 1. The van der Waals surface area contributed by atoms with Gasteiger partial charge in [0.1, 0.15) is 5.60 Å². The Morgan fingerprint density at radius 1 is 1.17 bits per heavy atom. The van der Waals surface area contributed by atoms with Crippen molar-refractivity contribution in [2.24, 2.45) is 5.11 Å². The van der Waals surface area contributed by atoms with Crippen LogP contribution in [0.5, 0.6) is 0 Å². The maximum atomic E-state index is 11.9. The molecule has 7 nitrogen and oxygen atoms in total. The van der Waals surface area contributed by atoms with E-state index in [1.807, 2.05) is 20.8 Å². The molecule has 0 aliphatic heterocycles. The molecule has 1 rings (SSSR count). The molecular formula is C17H24N4O3. The lowest BCUT2D eigenvalue weighted by Gasteiger charge is -2.19. The van der Waals surface area contributed by atoms with Crippen LogP contribution in [0.2, 0.25) is 0 Å². The van der Waals surface area contributed by atoms with Gasteiger partial charge in [-0.2, -0.15) is 0 Å². The van der Waals surface area contributed by atoms with E-state index in [2.05, 4.69) is 15.3 Å². The van der Waals surface area contributed by atoms with Crippen LogP contribution < -0.4 is 5.32 Å². The standard InChI is InChI=1S/C17H24N4O3/c1-17(2,3)24-15(22)7-5-4-6-12-19-16(23)13-8-10-14(11-9-13)20-21-18/h8-11H,4-7,12H2,1-3H3,(H,19,23). The molecule has 0 aliphatic carbocycles. The second kappa shape index (κ2) is 9.57. The van der Waals surface area contributed by atoms with Crippen molar-refractivity contribution < 1.29 is 14.3 Å². The third-order valence-electron chi connectivity index (χ3n) is 3.05. The fourth-order valence-electron chi connectivity index (χ4n) is 2.00. The first-order chi connectivity index (χ1) is 11.3. The van der Waals surface area contributed by atoms with Gasteiger partial charge in [0.15, 0.2) is 0 Å². The highest BCUT2D eigenvalue weighted by molar-refractivity contribution is 5.94. The SMILES string of the molecule is CC(C)(C)OC(=O)CCCCCNC(=O)c1ccc(N=[N+]=[N-])cc1. The number of rotatable bonds is 8. The van der Waals surface area contributed by atoms with E-state index in [9.17, 15) is 9.59 Å². The van der Waals surface area contributed by atoms with Crippen molar-refractivity contribution >= 4 is 17.6 Å². The van der Waals surface area contributed by atoms with Crippen LogP contribution >= 0.6 is 0 Å². The zero-order valence-corrected chi connectivity index (χ0v) is 14.4. The van der Waals surface area contributed by atoms with Gasteiger partial charge in [0, 0.05) is 29.1 Å². The molecule has 0 aliphatic rings. The van der Waals surface area contributed by atoms with Crippen molar-refractivity contribution in [3.05, 3.63) is 40.3 Å². The van der Waals surface area contributed by atoms with Crippen LogP contribution in [0.4, 0.5) is 5.69 Å². The molecule has 7 heteroatoms. The van der Waals surface area contributed by atoms with E-state index in [0.29, 0.717) is 24.2 Å². The van der Waals surface area contributed by atoms with Crippen LogP contribution in [-0.2, 0) is 9.53 Å². The van der Waals surface area contributed by atoms with E-state index in [0.717, 1.165) is 19.3 Å². The second-order valence-corrected chi connectivity index (χ2v) is 6.39. The molecular weight excluding hydrogens is 308 g/mol. The van der Waals surface area contributed by atoms with E-state index in [-0.39, 0.29) is 11.9 Å². The Kier molecular flexibility index (Phi) is 7.79. The number of nitrogens with one attached hydrogen (secondary N) is 1. The molecule has 24 heavy (non-hydrogen) atoms. The Bertz CT molecular complexity index is 599. The molecule has 0 unspecified atom stereocenters. The maximum Gasteiger partial charge on any atom is 0.306 e.